The molecule has 0 aliphatic carbocycles. The fraction of sp³-hybridized carbons (Fsp3) is 0.400. The van der Waals surface area contributed by atoms with Crippen LogP contribution in [0.25, 0.3) is 0 Å². The highest BCUT2D eigenvalue weighted by molar-refractivity contribution is 5.85. The second-order valence-electron chi connectivity index (χ2n) is 2.92. The molecule has 0 fully saturated rings. The number of phenolic OH excluding ortho intramolecular Hbond substituents is 1. The van der Waals surface area contributed by atoms with E-state index in [0.29, 0.717) is 17.9 Å². The van der Waals surface area contributed by atoms with Gasteiger partial charge >= 0.3 is 0 Å². The van der Waals surface area contributed by atoms with Crippen LogP contribution in [-0.2, 0) is 0 Å². The predicted molar refractivity (Wildman–Crippen MR) is 60.5 cm³/mol. The molecule has 1 aromatic rings. The first-order chi connectivity index (χ1) is 6.70. The lowest BCUT2D eigenvalue weighted by Gasteiger charge is -2.13. The topological polar surface area (TPSA) is 75.7 Å². The molecule has 0 saturated heterocycles. The maximum atomic E-state index is 9.71. The maximum absolute atomic E-state index is 9.71. The van der Waals surface area contributed by atoms with Crippen LogP contribution < -0.4 is 10.5 Å². The summed E-state index contributed by atoms with van der Waals surface area (Å²) < 4.78 is 5.18. The molecule has 0 spiro atoms. The molecule has 0 bridgehead atoms. The van der Waals surface area contributed by atoms with Crippen LogP contribution in [0.3, 0.4) is 0 Å². The third-order valence-electron chi connectivity index (χ3n) is 1.93. The van der Waals surface area contributed by atoms with Gasteiger partial charge in [0, 0.05) is 5.56 Å². The Hall–Kier alpha value is -0.970. The van der Waals surface area contributed by atoms with Crippen molar-refractivity contribution in [2.75, 3.05) is 13.2 Å². The lowest BCUT2D eigenvalue weighted by Crippen LogP contribution is -2.14. The van der Waals surface area contributed by atoms with E-state index in [4.69, 9.17) is 15.6 Å². The van der Waals surface area contributed by atoms with Crippen molar-refractivity contribution in [3.8, 4) is 11.5 Å². The molecule has 0 unspecified atom stereocenters. The number of halogens is 1. The monoisotopic (exact) mass is 233 g/mol. The minimum absolute atomic E-state index is 0. The van der Waals surface area contributed by atoms with Gasteiger partial charge in [0.15, 0.2) is 11.5 Å². The summed E-state index contributed by atoms with van der Waals surface area (Å²) in [6, 6.07) is 4.48. The van der Waals surface area contributed by atoms with Crippen LogP contribution in [0.5, 0.6) is 11.5 Å². The average Bonchev–Trinajstić information content (AvgIpc) is 2.20. The van der Waals surface area contributed by atoms with E-state index in [1.165, 1.54) is 0 Å². The largest absolute Gasteiger partial charge is 0.504 e. The van der Waals surface area contributed by atoms with Crippen molar-refractivity contribution >= 4 is 12.4 Å². The van der Waals surface area contributed by atoms with Crippen LogP contribution in [0.15, 0.2) is 18.2 Å². The molecule has 0 heterocycles. The minimum Gasteiger partial charge on any atom is -0.504 e. The second-order valence-corrected chi connectivity index (χ2v) is 2.92. The quantitative estimate of drug-likeness (QED) is 0.731. The van der Waals surface area contributed by atoms with Gasteiger partial charge in [0.05, 0.1) is 19.3 Å². The van der Waals surface area contributed by atoms with Crippen LogP contribution in [0.2, 0.25) is 0 Å². The Balaban J connectivity index is 0.00000196. The van der Waals surface area contributed by atoms with Crippen molar-refractivity contribution < 1.29 is 14.9 Å². The number of aromatic hydroxyl groups is 1. The zero-order valence-corrected chi connectivity index (χ0v) is 9.33. The standard InChI is InChI=1S/C10H15NO3.ClH/c1-2-14-9-5-3-4-7(10(9)13)8(11)6-12;/h3-5,8,12-13H,2,6,11H2,1H3;1H/t8-;/m1./s1. The number of hydrogen-bond acceptors (Lipinski definition) is 4. The highest BCUT2D eigenvalue weighted by Gasteiger charge is 2.13. The molecular formula is C10H16ClNO3. The summed E-state index contributed by atoms with van der Waals surface area (Å²) in [6.45, 7) is 2.10. The van der Waals surface area contributed by atoms with Crippen LogP contribution in [0.4, 0.5) is 0 Å². The molecule has 1 aromatic carbocycles. The van der Waals surface area contributed by atoms with Crippen LogP contribution in [-0.4, -0.2) is 23.4 Å². The van der Waals surface area contributed by atoms with Gasteiger partial charge in [0.2, 0.25) is 0 Å². The normalized spacial score (nSPS) is 11.7. The zero-order chi connectivity index (χ0) is 10.6. The summed E-state index contributed by atoms with van der Waals surface area (Å²) in [7, 11) is 0. The molecule has 0 aromatic heterocycles. The van der Waals surface area contributed by atoms with Crippen molar-refractivity contribution in [3.05, 3.63) is 23.8 Å². The number of rotatable bonds is 4. The van der Waals surface area contributed by atoms with E-state index in [-0.39, 0.29) is 24.8 Å². The van der Waals surface area contributed by atoms with Crippen molar-refractivity contribution in [1.82, 2.24) is 0 Å². The number of para-hydroxylation sites is 1. The lowest BCUT2D eigenvalue weighted by molar-refractivity contribution is 0.262. The van der Waals surface area contributed by atoms with E-state index in [1.54, 1.807) is 18.2 Å². The van der Waals surface area contributed by atoms with Crippen molar-refractivity contribution in [2.45, 2.75) is 13.0 Å². The fourth-order valence-corrected chi connectivity index (χ4v) is 1.21. The van der Waals surface area contributed by atoms with Gasteiger partial charge < -0.3 is 20.7 Å². The molecule has 86 valence electrons. The molecule has 0 radical (unpaired) electrons. The van der Waals surface area contributed by atoms with Gasteiger partial charge in [-0.25, -0.2) is 0 Å². The van der Waals surface area contributed by atoms with Gasteiger partial charge in [0.1, 0.15) is 0 Å². The Kier molecular flexibility index (Phi) is 6.08. The smallest absolute Gasteiger partial charge is 0.162 e. The molecule has 1 atom stereocenters. The van der Waals surface area contributed by atoms with E-state index >= 15 is 0 Å². The Morgan fingerprint density at radius 2 is 2.13 bits per heavy atom. The summed E-state index contributed by atoms with van der Waals surface area (Å²) in [5.74, 6) is 0.407. The summed E-state index contributed by atoms with van der Waals surface area (Å²) in [5.41, 5.74) is 6.09. The molecule has 4 nitrogen and oxygen atoms in total. The fourth-order valence-electron chi connectivity index (χ4n) is 1.21. The number of ether oxygens (including phenoxy) is 1. The van der Waals surface area contributed by atoms with Gasteiger partial charge in [-0.15, -0.1) is 12.4 Å². The van der Waals surface area contributed by atoms with Gasteiger partial charge in [0.25, 0.3) is 0 Å². The molecule has 0 aliphatic heterocycles. The molecule has 4 N–H and O–H groups in total. The molecule has 0 aliphatic rings. The molecule has 5 heteroatoms. The Bertz CT molecular complexity index is 307. The van der Waals surface area contributed by atoms with Crippen LogP contribution in [0, 0.1) is 0 Å². The molecule has 15 heavy (non-hydrogen) atoms. The first-order valence-corrected chi connectivity index (χ1v) is 4.51. The van der Waals surface area contributed by atoms with Crippen molar-refractivity contribution in [1.29, 1.82) is 0 Å². The van der Waals surface area contributed by atoms with Gasteiger partial charge in [-0.3, -0.25) is 0 Å². The summed E-state index contributed by atoms with van der Waals surface area (Å²) in [6.07, 6.45) is 0. The number of hydrogen-bond donors (Lipinski definition) is 3. The average molecular weight is 234 g/mol. The van der Waals surface area contributed by atoms with E-state index < -0.39 is 6.04 Å². The van der Waals surface area contributed by atoms with E-state index in [2.05, 4.69) is 0 Å². The highest BCUT2D eigenvalue weighted by atomic mass is 35.5. The van der Waals surface area contributed by atoms with Crippen molar-refractivity contribution in [3.63, 3.8) is 0 Å². The van der Waals surface area contributed by atoms with Crippen LogP contribution in [0.1, 0.15) is 18.5 Å². The third-order valence-corrected chi connectivity index (χ3v) is 1.93. The third kappa shape index (κ3) is 3.27. The highest BCUT2D eigenvalue weighted by Crippen LogP contribution is 2.32. The zero-order valence-electron chi connectivity index (χ0n) is 8.51. The molecular weight excluding hydrogens is 218 g/mol. The van der Waals surface area contributed by atoms with Crippen LogP contribution >= 0.6 is 12.4 Å². The van der Waals surface area contributed by atoms with Gasteiger partial charge in [-0.05, 0) is 13.0 Å². The van der Waals surface area contributed by atoms with Crippen molar-refractivity contribution in [2.24, 2.45) is 5.73 Å². The Morgan fingerprint density at radius 1 is 1.47 bits per heavy atom. The van der Waals surface area contributed by atoms with Gasteiger partial charge in [-0.2, -0.15) is 0 Å². The Morgan fingerprint density at radius 3 is 2.67 bits per heavy atom. The summed E-state index contributed by atoms with van der Waals surface area (Å²) in [4.78, 5) is 0. The number of aliphatic hydroxyl groups excluding tert-OH is 1. The molecule has 0 amide bonds. The summed E-state index contributed by atoms with van der Waals surface area (Å²) >= 11 is 0. The number of benzene rings is 1. The van der Waals surface area contributed by atoms with E-state index in [0.717, 1.165) is 0 Å². The number of nitrogens with two attached hydrogens (primary N) is 1. The minimum atomic E-state index is -0.574. The number of phenols is 1. The van der Waals surface area contributed by atoms with E-state index in [1.807, 2.05) is 6.92 Å². The number of aliphatic hydroxyl groups is 1. The first-order valence-electron chi connectivity index (χ1n) is 4.51. The van der Waals surface area contributed by atoms with Gasteiger partial charge in [-0.1, -0.05) is 12.1 Å². The Labute approximate surface area is 95.1 Å². The summed E-state index contributed by atoms with van der Waals surface area (Å²) in [5, 5.41) is 18.6. The first kappa shape index (κ1) is 14.0. The predicted octanol–water partition coefficient (Wildman–Crippen LogP) is 1.20. The second kappa shape index (κ2) is 6.50. The molecule has 0 saturated carbocycles. The maximum Gasteiger partial charge on any atom is 0.162 e. The lowest BCUT2D eigenvalue weighted by atomic mass is 10.1. The molecule has 1 rings (SSSR count). The SMILES string of the molecule is CCOc1cccc([C@H](N)CO)c1O.Cl. The van der Waals surface area contributed by atoms with E-state index in [9.17, 15) is 5.11 Å².